The molecule has 1 aromatic carbocycles. The smallest absolute Gasteiger partial charge is 0.330 e. The number of benzene rings is 1. The highest BCUT2D eigenvalue weighted by Gasteiger charge is 2.32. The van der Waals surface area contributed by atoms with Crippen molar-refractivity contribution in [3.63, 3.8) is 0 Å². The Morgan fingerprint density at radius 3 is 2.80 bits per heavy atom. The number of rotatable bonds is 7. The SMILES string of the molecule is CCCCn1c(N)c(N(CCC)C(=O)C2COc3ccc(Cl)cc3C2)c(=O)[nH]c1=O. The second kappa shape index (κ2) is 9.38. The number of hydrogen-bond donors (Lipinski definition) is 2. The molecule has 1 aromatic heterocycles. The topological polar surface area (TPSA) is 110 Å². The van der Waals surface area contributed by atoms with E-state index >= 15 is 0 Å². The van der Waals surface area contributed by atoms with Gasteiger partial charge in [0.25, 0.3) is 5.56 Å². The van der Waals surface area contributed by atoms with E-state index in [0.29, 0.717) is 36.7 Å². The van der Waals surface area contributed by atoms with E-state index in [-0.39, 0.29) is 24.0 Å². The quantitative estimate of drug-likeness (QED) is 0.695. The van der Waals surface area contributed by atoms with Crippen LogP contribution in [0.4, 0.5) is 11.5 Å². The Balaban J connectivity index is 1.97. The van der Waals surface area contributed by atoms with Crippen LogP contribution in [0.1, 0.15) is 38.7 Å². The fraction of sp³-hybridized carbons (Fsp3) is 0.476. The summed E-state index contributed by atoms with van der Waals surface area (Å²) in [7, 11) is 0. The molecule has 162 valence electrons. The minimum atomic E-state index is -0.660. The highest BCUT2D eigenvalue weighted by Crippen LogP contribution is 2.31. The number of unbranched alkanes of at least 4 members (excludes halogenated alkanes) is 1. The lowest BCUT2D eigenvalue weighted by Gasteiger charge is -2.30. The molecule has 2 aromatic rings. The van der Waals surface area contributed by atoms with Crippen molar-refractivity contribution in [1.29, 1.82) is 0 Å². The number of hydrogen-bond acceptors (Lipinski definition) is 5. The third-order valence-electron chi connectivity index (χ3n) is 5.21. The fourth-order valence-electron chi connectivity index (χ4n) is 3.67. The van der Waals surface area contributed by atoms with Crippen LogP contribution >= 0.6 is 11.6 Å². The molecule has 3 N–H and O–H groups in total. The molecule has 0 spiro atoms. The predicted molar refractivity (Wildman–Crippen MR) is 117 cm³/mol. The molecular weight excluding hydrogens is 408 g/mol. The van der Waals surface area contributed by atoms with E-state index in [2.05, 4.69) is 4.98 Å². The number of carbonyl (C=O) groups excluding carboxylic acids is 1. The number of ether oxygens (including phenoxy) is 1. The number of halogens is 1. The van der Waals surface area contributed by atoms with Gasteiger partial charge in [0.15, 0.2) is 5.69 Å². The molecule has 1 unspecified atom stereocenters. The molecule has 8 nitrogen and oxygen atoms in total. The minimum Gasteiger partial charge on any atom is -0.492 e. The number of aromatic nitrogens is 2. The number of anilines is 2. The number of nitrogens with one attached hydrogen (secondary N) is 1. The number of nitrogens with zero attached hydrogens (tertiary/aromatic N) is 2. The van der Waals surface area contributed by atoms with Gasteiger partial charge in [-0.2, -0.15) is 0 Å². The maximum absolute atomic E-state index is 13.4. The lowest BCUT2D eigenvalue weighted by molar-refractivity contribution is -0.123. The molecule has 30 heavy (non-hydrogen) atoms. The molecular formula is C21H27ClN4O4. The molecule has 1 aliphatic rings. The first-order valence-electron chi connectivity index (χ1n) is 10.2. The van der Waals surface area contributed by atoms with Gasteiger partial charge in [-0.25, -0.2) is 4.79 Å². The molecule has 0 radical (unpaired) electrons. The van der Waals surface area contributed by atoms with Crippen molar-refractivity contribution in [3.8, 4) is 5.75 Å². The van der Waals surface area contributed by atoms with Gasteiger partial charge in [-0.3, -0.25) is 19.1 Å². The number of nitrogens with two attached hydrogens (primary N) is 1. The summed E-state index contributed by atoms with van der Waals surface area (Å²) in [6.07, 6.45) is 2.65. The Hall–Kier alpha value is -2.74. The fourth-order valence-corrected chi connectivity index (χ4v) is 3.87. The number of amides is 1. The third-order valence-corrected chi connectivity index (χ3v) is 5.45. The number of aromatic amines is 1. The third kappa shape index (κ3) is 4.38. The maximum Gasteiger partial charge on any atom is 0.330 e. The largest absolute Gasteiger partial charge is 0.492 e. The molecule has 0 saturated heterocycles. The molecule has 1 aliphatic heterocycles. The summed E-state index contributed by atoms with van der Waals surface area (Å²) >= 11 is 6.08. The van der Waals surface area contributed by atoms with Gasteiger partial charge >= 0.3 is 5.69 Å². The van der Waals surface area contributed by atoms with E-state index in [1.54, 1.807) is 18.2 Å². The number of nitrogen functional groups attached to an aromatic ring is 1. The molecule has 0 bridgehead atoms. The summed E-state index contributed by atoms with van der Waals surface area (Å²) in [6.45, 7) is 4.77. The van der Waals surface area contributed by atoms with Crippen molar-refractivity contribution >= 4 is 29.0 Å². The van der Waals surface area contributed by atoms with E-state index in [0.717, 1.165) is 18.4 Å². The molecule has 2 heterocycles. The van der Waals surface area contributed by atoms with Crippen LogP contribution in [0.15, 0.2) is 27.8 Å². The van der Waals surface area contributed by atoms with Gasteiger partial charge in [-0.15, -0.1) is 0 Å². The Labute approximate surface area is 179 Å². The lowest BCUT2D eigenvalue weighted by Crippen LogP contribution is -2.46. The summed E-state index contributed by atoms with van der Waals surface area (Å²) < 4.78 is 7.08. The van der Waals surface area contributed by atoms with Gasteiger partial charge < -0.3 is 15.4 Å². The standard InChI is InChI=1S/C21H27ClN4O4/c1-3-5-9-26-18(23)17(19(27)24-21(26)29)25(8-4-2)20(28)14-10-13-11-15(22)6-7-16(13)30-12-14/h6-7,11,14H,3-5,8-10,12,23H2,1-2H3,(H,24,27,29). The summed E-state index contributed by atoms with van der Waals surface area (Å²) in [6, 6.07) is 5.31. The van der Waals surface area contributed by atoms with Crippen LogP contribution in [-0.4, -0.2) is 28.6 Å². The lowest BCUT2D eigenvalue weighted by atomic mass is 9.95. The Kier molecular flexibility index (Phi) is 6.87. The first kappa shape index (κ1) is 22.0. The zero-order chi connectivity index (χ0) is 21.8. The van der Waals surface area contributed by atoms with Crippen molar-refractivity contribution in [2.75, 3.05) is 23.8 Å². The Morgan fingerprint density at radius 1 is 1.33 bits per heavy atom. The minimum absolute atomic E-state index is 0.0131. The number of carbonyl (C=O) groups is 1. The molecule has 0 saturated carbocycles. The highest BCUT2D eigenvalue weighted by molar-refractivity contribution is 6.30. The van der Waals surface area contributed by atoms with Crippen LogP contribution in [0.25, 0.3) is 0 Å². The Morgan fingerprint density at radius 2 is 2.10 bits per heavy atom. The van der Waals surface area contributed by atoms with E-state index in [1.807, 2.05) is 13.8 Å². The maximum atomic E-state index is 13.4. The van der Waals surface area contributed by atoms with Crippen molar-refractivity contribution in [3.05, 3.63) is 49.6 Å². The van der Waals surface area contributed by atoms with Crippen LogP contribution in [-0.2, 0) is 17.8 Å². The number of H-pyrrole nitrogens is 1. The average Bonchev–Trinajstić information content (AvgIpc) is 2.71. The van der Waals surface area contributed by atoms with Gasteiger partial charge in [0.2, 0.25) is 5.91 Å². The van der Waals surface area contributed by atoms with Crippen LogP contribution in [0.5, 0.6) is 5.75 Å². The normalized spacial score (nSPS) is 15.4. The Bertz CT molecular complexity index is 1050. The average molecular weight is 435 g/mol. The van der Waals surface area contributed by atoms with Gasteiger partial charge in [-0.05, 0) is 43.0 Å². The van der Waals surface area contributed by atoms with Crippen LogP contribution < -0.4 is 26.6 Å². The van der Waals surface area contributed by atoms with Crippen LogP contribution in [0.2, 0.25) is 5.02 Å². The predicted octanol–water partition coefficient (Wildman–Crippen LogP) is 2.57. The second-order valence-electron chi connectivity index (χ2n) is 7.45. The van der Waals surface area contributed by atoms with Gasteiger partial charge in [0, 0.05) is 18.1 Å². The molecule has 1 atom stereocenters. The van der Waals surface area contributed by atoms with Crippen LogP contribution in [0.3, 0.4) is 0 Å². The summed E-state index contributed by atoms with van der Waals surface area (Å²) in [5.74, 6) is -0.0344. The summed E-state index contributed by atoms with van der Waals surface area (Å²) in [4.78, 5) is 42.0. The van der Waals surface area contributed by atoms with E-state index in [9.17, 15) is 14.4 Å². The van der Waals surface area contributed by atoms with Crippen molar-refractivity contribution in [2.45, 2.75) is 46.1 Å². The van der Waals surface area contributed by atoms with Crippen molar-refractivity contribution < 1.29 is 9.53 Å². The summed E-state index contributed by atoms with van der Waals surface area (Å²) in [5.41, 5.74) is 5.86. The highest BCUT2D eigenvalue weighted by atomic mass is 35.5. The molecule has 9 heteroatoms. The van der Waals surface area contributed by atoms with E-state index < -0.39 is 17.2 Å². The van der Waals surface area contributed by atoms with Gasteiger partial charge in [0.1, 0.15) is 18.2 Å². The van der Waals surface area contributed by atoms with Gasteiger partial charge in [0.05, 0.1) is 5.92 Å². The monoisotopic (exact) mass is 434 g/mol. The second-order valence-corrected chi connectivity index (χ2v) is 7.89. The van der Waals surface area contributed by atoms with E-state index in [1.165, 1.54) is 9.47 Å². The summed E-state index contributed by atoms with van der Waals surface area (Å²) in [5, 5.41) is 0.569. The molecule has 1 amide bonds. The first-order valence-corrected chi connectivity index (χ1v) is 10.6. The number of fused-ring (bicyclic) bond motifs is 1. The van der Waals surface area contributed by atoms with Crippen molar-refractivity contribution in [1.82, 2.24) is 9.55 Å². The molecule has 0 fully saturated rings. The first-order chi connectivity index (χ1) is 14.4. The zero-order valence-electron chi connectivity index (χ0n) is 17.2. The molecule has 0 aliphatic carbocycles. The zero-order valence-corrected chi connectivity index (χ0v) is 18.0. The van der Waals surface area contributed by atoms with Gasteiger partial charge in [-0.1, -0.05) is 31.9 Å². The van der Waals surface area contributed by atoms with Crippen LogP contribution in [0, 0.1) is 5.92 Å². The molecule has 3 rings (SSSR count). The van der Waals surface area contributed by atoms with E-state index in [4.69, 9.17) is 22.1 Å². The van der Waals surface area contributed by atoms with Crippen molar-refractivity contribution in [2.24, 2.45) is 5.92 Å².